The van der Waals surface area contributed by atoms with Crippen LogP contribution in [0.5, 0.6) is 5.75 Å². The third-order valence-corrected chi connectivity index (χ3v) is 7.30. The minimum Gasteiger partial charge on any atom is -0.491 e. The van der Waals surface area contributed by atoms with E-state index in [1.54, 1.807) is 19.1 Å². The van der Waals surface area contributed by atoms with Crippen molar-refractivity contribution in [3.8, 4) is 11.4 Å². The highest BCUT2D eigenvalue weighted by Crippen LogP contribution is 2.32. The second-order valence-corrected chi connectivity index (χ2v) is 10.1. The number of β-amino-alcohol motifs (C(OH)–C–C–N with tert-alkyl or cyclic N) is 1. The molecule has 0 unspecified atom stereocenters. The van der Waals surface area contributed by atoms with Crippen molar-refractivity contribution >= 4 is 22.4 Å². The van der Waals surface area contributed by atoms with Crippen LogP contribution in [0.4, 0.5) is 10.1 Å². The molecule has 1 aliphatic rings. The number of Topliss-reactive ketones (excluding diaryl/α,β-unsaturated/α-hetero) is 1. The standard InChI is InChI=1S/C31H34FN3O3/c1-21-8-10-24(11-9-21)35-22(2)31(23(3)36)27-18-26(12-13-29(27)35)38-20-25(37)19-33-14-16-34(17-15-33)30-7-5-4-6-28(30)32/h4-13,18,25,37H,14-17,19-20H2,1-3H3/t25-/m0/s1. The molecule has 1 aromatic heterocycles. The molecule has 1 saturated heterocycles. The lowest BCUT2D eigenvalue weighted by Crippen LogP contribution is -2.49. The van der Waals surface area contributed by atoms with Gasteiger partial charge in [0.1, 0.15) is 24.3 Å². The van der Waals surface area contributed by atoms with Gasteiger partial charge in [0.2, 0.25) is 0 Å². The van der Waals surface area contributed by atoms with E-state index in [1.165, 1.54) is 11.6 Å². The van der Waals surface area contributed by atoms with Gasteiger partial charge >= 0.3 is 0 Å². The monoisotopic (exact) mass is 515 g/mol. The normalized spacial score (nSPS) is 15.1. The zero-order valence-electron chi connectivity index (χ0n) is 22.2. The Morgan fingerprint density at radius 3 is 2.39 bits per heavy atom. The topological polar surface area (TPSA) is 57.9 Å². The minimum absolute atomic E-state index is 0.00470. The zero-order chi connectivity index (χ0) is 26.8. The molecule has 1 aliphatic heterocycles. The number of nitrogens with zero attached hydrogens (tertiary/aromatic N) is 3. The van der Waals surface area contributed by atoms with Crippen molar-refractivity contribution in [3.05, 3.63) is 89.4 Å². The predicted octanol–water partition coefficient (Wildman–Crippen LogP) is 5.15. The Balaban J connectivity index is 1.24. The first-order valence-corrected chi connectivity index (χ1v) is 13.1. The van der Waals surface area contributed by atoms with Gasteiger partial charge in [0, 0.05) is 55.1 Å². The summed E-state index contributed by atoms with van der Waals surface area (Å²) in [5.41, 5.74) is 5.32. The number of ketones is 1. The number of benzene rings is 3. The Bertz CT molecular complexity index is 1440. The number of rotatable bonds is 8. The fourth-order valence-electron chi connectivity index (χ4n) is 5.38. The summed E-state index contributed by atoms with van der Waals surface area (Å²) in [6.45, 7) is 9.12. The van der Waals surface area contributed by atoms with E-state index in [2.05, 4.69) is 40.7 Å². The molecule has 4 aromatic rings. The molecule has 1 N–H and O–H groups in total. The summed E-state index contributed by atoms with van der Waals surface area (Å²) >= 11 is 0. The fraction of sp³-hybridized carbons (Fsp3) is 0.323. The lowest BCUT2D eigenvalue weighted by molar-refractivity contribution is 0.0663. The van der Waals surface area contributed by atoms with Crippen molar-refractivity contribution in [2.45, 2.75) is 26.9 Å². The molecule has 7 heteroatoms. The molecule has 198 valence electrons. The maximum absolute atomic E-state index is 14.1. The molecule has 2 heterocycles. The number of carbonyl (C=O) groups excluding carboxylic acids is 1. The molecule has 0 radical (unpaired) electrons. The largest absolute Gasteiger partial charge is 0.491 e. The molecule has 5 rings (SSSR count). The number of fused-ring (bicyclic) bond motifs is 1. The molecule has 1 fully saturated rings. The van der Waals surface area contributed by atoms with Gasteiger partial charge in [-0.2, -0.15) is 0 Å². The number of hydrogen-bond donors (Lipinski definition) is 1. The SMILES string of the molecule is CC(=O)c1c(C)n(-c2ccc(C)cc2)c2ccc(OC[C@@H](O)CN3CCN(c4ccccc4F)CC3)cc12. The second-order valence-electron chi connectivity index (χ2n) is 10.1. The summed E-state index contributed by atoms with van der Waals surface area (Å²) in [5, 5.41) is 11.5. The van der Waals surface area contributed by atoms with Gasteiger partial charge in [-0.25, -0.2) is 4.39 Å². The average molecular weight is 516 g/mol. The molecule has 0 amide bonds. The van der Waals surface area contributed by atoms with Gasteiger partial charge < -0.3 is 19.3 Å². The van der Waals surface area contributed by atoms with E-state index < -0.39 is 6.10 Å². The van der Waals surface area contributed by atoms with Crippen LogP contribution in [-0.2, 0) is 0 Å². The Labute approximate surface area is 222 Å². The Hall–Kier alpha value is -3.68. The van der Waals surface area contributed by atoms with Gasteiger partial charge in [0.25, 0.3) is 0 Å². The highest BCUT2D eigenvalue weighted by Gasteiger charge is 2.22. The number of carbonyl (C=O) groups is 1. The summed E-state index contributed by atoms with van der Waals surface area (Å²) in [6.07, 6.45) is -0.670. The quantitative estimate of drug-likeness (QED) is 0.329. The van der Waals surface area contributed by atoms with Crippen molar-refractivity contribution in [2.24, 2.45) is 0 Å². The maximum atomic E-state index is 14.1. The number of aromatic nitrogens is 1. The number of aryl methyl sites for hydroxylation is 1. The van der Waals surface area contributed by atoms with E-state index >= 15 is 0 Å². The van der Waals surface area contributed by atoms with Crippen LogP contribution in [0.3, 0.4) is 0 Å². The first-order valence-electron chi connectivity index (χ1n) is 13.1. The molecule has 0 bridgehead atoms. The molecular weight excluding hydrogens is 481 g/mol. The van der Waals surface area contributed by atoms with Crippen molar-refractivity contribution in [3.63, 3.8) is 0 Å². The van der Waals surface area contributed by atoms with Gasteiger partial charge in [0.05, 0.1) is 11.2 Å². The third kappa shape index (κ3) is 5.30. The molecule has 0 spiro atoms. The first-order chi connectivity index (χ1) is 18.3. The third-order valence-electron chi connectivity index (χ3n) is 7.30. The number of anilines is 1. The summed E-state index contributed by atoms with van der Waals surface area (Å²) in [6, 6.07) is 20.8. The van der Waals surface area contributed by atoms with Gasteiger partial charge in [-0.05, 0) is 63.2 Å². The first kappa shape index (κ1) is 25.9. The number of aliphatic hydroxyl groups excluding tert-OH is 1. The molecule has 1 atom stereocenters. The van der Waals surface area contributed by atoms with Crippen molar-refractivity contribution < 1.29 is 19.0 Å². The lowest BCUT2D eigenvalue weighted by Gasteiger charge is -2.36. The van der Waals surface area contributed by atoms with Gasteiger partial charge in [-0.1, -0.05) is 29.8 Å². The highest BCUT2D eigenvalue weighted by atomic mass is 19.1. The van der Waals surface area contributed by atoms with E-state index in [4.69, 9.17) is 4.74 Å². The molecule has 0 saturated carbocycles. The molecule has 3 aromatic carbocycles. The maximum Gasteiger partial charge on any atom is 0.162 e. The van der Waals surface area contributed by atoms with Crippen molar-refractivity contribution in [1.29, 1.82) is 0 Å². The van der Waals surface area contributed by atoms with Crippen LogP contribution in [0.15, 0.2) is 66.7 Å². The lowest BCUT2D eigenvalue weighted by atomic mass is 10.1. The average Bonchev–Trinajstić information content (AvgIpc) is 3.20. The molecular formula is C31H34FN3O3. The summed E-state index contributed by atoms with van der Waals surface area (Å²) < 4.78 is 22.2. The van der Waals surface area contributed by atoms with Gasteiger partial charge in [0.15, 0.2) is 5.78 Å². The Morgan fingerprint density at radius 1 is 1.00 bits per heavy atom. The molecule has 6 nitrogen and oxygen atoms in total. The Morgan fingerprint density at radius 2 is 1.71 bits per heavy atom. The van der Waals surface area contributed by atoms with E-state index in [1.807, 2.05) is 36.1 Å². The number of aliphatic hydroxyl groups is 1. The van der Waals surface area contributed by atoms with Crippen LogP contribution in [0, 0.1) is 19.7 Å². The van der Waals surface area contributed by atoms with Gasteiger partial charge in [-0.3, -0.25) is 9.69 Å². The van der Waals surface area contributed by atoms with Crippen molar-refractivity contribution in [2.75, 3.05) is 44.2 Å². The molecule has 38 heavy (non-hydrogen) atoms. The molecule has 0 aliphatic carbocycles. The van der Waals surface area contributed by atoms with Crippen LogP contribution in [0.1, 0.15) is 28.5 Å². The second kappa shape index (κ2) is 11.0. The van der Waals surface area contributed by atoms with Crippen LogP contribution in [0.25, 0.3) is 16.6 Å². The van der Waals surface area contributed by atoms with Crippen LogP contribution >= 0.6 is 0 Å². The van der Waals surface area contributed by atoms with Gasteiger partial charge in [-0.15, -0.1) is 0 Å². The summed E-state index contributed by atoms with van der Waals surface area (Å²) in [4.78, 5) is 16.8. The van der Waals surface area contributed by atoms with E-state index in [9.17, 15) is 14.3 Å². The number of halogens is 1. The van der Waals surface area contributed by atoms with E-state index in [0.717, 1.165) is 35.4 Å². The predicted molar refractivity (Wildman–Crippen MR) is 149 cm³/mol. The van der Waals surface area contributed by atoms with Crippen LogP contribution in [-0.4, -0.2) is 65.8 Å². The van der Waals surface area contributed by atoms with Crippen molar-refractivity contribution in [1.82, 2.24) is 9.47 Å². The number of ether oxygens (including phenoxy) is 1. The smallest absolute Gasteiger partial charge is 0.162 e. The van der Waals surface area contributed by atoms with Crippen LogP contribution in [0.2, 0.25) is 0 Å². The van der Waals surface area contributed by atoms with Crippen LogP contribution < -0.4 is 9.64 Å². The Kier molecular flexibility index (Phi) is 7.49. The summed E-state index contributed by atoms with van der Waals surface area (Å²) in [5.74, 6) is 0.415. The number of para-hydroxylation sites is 1. The zero-order valence-corrected chi connectivity index (χ0v) is 22.2. The highest BCUT2D eigenvalue weighted by molar-refractivity contribution is 6.09. The van der Waals surface area contributed by atoms with E-state index in [0.29, 0.717) is 36.6 Å². The number of piperazine rings is 1. The number of hydrogen-bond acceptors (Lipinski definition) is 5. The summed E-state index contributed by atoms with van der Waals surface area (Å²) in [7, 11) is 0. The van der Waals surface area contributed by atoms with E-state index in [-0.39, 0.29) is 18.2 Å². The minimum atomic E-state index is -0.670. The fourth-order valence-corrected chi connectivity index (χ4v) is 5.38.